The lowest BCUT2D eigenvalue weighted by atomic mass is 10.3. The number of thioether (sulfide) groups is 1. The summed E-state index contributed by atoms with van der Waals surface area (Å²) in [4.78, 5) is 11.7. The lowest BCUT2D eigenvalue weighted by Gasteiger charge is -2.10. The minimum Gasteiger partial charge on any atom is -0.492 e. The number of nitrogens with zero attached hydrogens (tertiary/aromatic N) is 1. The van der Waals surface area contributed by atoms with Crippen molar-refractivity contribution in [3.05, 3.63) is 24.3 Å². The predicted octanol–water partition coefficient (Wildman–Crippen LogP) is 0.945. The summed E-state index contributed by atoms with van der Waals surface area (Å²) in [5.41, 5.74) is 6.01. The summed E-state index contributed by atoms with van der Waals surface area (Å²) in [6, 6.07) is 7.23. The summed E-state index contributed by atoms with van der Waals surface area (Å²) in [5.74, 6) is 5.55. The molecule has 5 N–H and O–H groups in total. The number of amides is 1. The summed E-state index contributed by atoms with van der Waals surface area (Å²) < 4.78 is 5.39. The van der Waals surface area contributed by atoms with Gasteiger partial charge in [0.25, 0.3) is 0 Å². The van der Waals surface area contributed by atoms with Crippen molar-refractivity contribution in [2.24, 2.45) is 16.7 Å². The zero-order valence-electron chi connectivity index (χ0n) is 10.1. The van der Waals surface area contributed by atoms with Crippen LogP contribution in [0.4, 0.5) is 5.69 Å². The standard InChI is InChI=1S/C11H16N4O2S/c1-2-17-9-6-4-3-5-8(9)14-10(16)7-18-11(12)15-13/h3-6H,2,7,13H2,1H3,(H2,12,15)(H,14,16). The number of ether oxygens (including phenoxy) is 1. The van der Waals surface area contributed by atoms with Gasteiger partial charge in [-0.1, -0.05) is 23.9 Å². The minimum absolute atomic E-state index is 0.146. The second-order valence-electron chi connectivity index (χ2n) is 3.23. The molecule has 0 saturated carbocycles. The first kappa shape index (κ1) is 14.2. The van der Waals surface area contributed by atoms with Gasteiger partial charge in [-0.2, -0.15) is 5.10 Å². The second kappa shape index (κ2) is 7.44. The highest BCUT2D eigenvalue weighted by Gasteiger charge is 2.08. The van der Waals surface area contributed by atoms with Crippen LogP contribution in [0.3, 0.4) is 0 Å². The monoisotopic (exact) mass is 268 g/mol. The van der Waals surface area contributed by atoms with Crippen molar-refractivity contribution in [1.29, 1.82) is 0 Å². The van der Waals surface area contributed by atoms with Gasteiger partial charge in [0.15, 0.2) is 5.17 Å². The van der Waals surface area contributed by atoms with Gasteiger partial charge in [-0.25, -0.2) is 0 Å². The zero-order valence-corrected chi connectivity index (χ0v) is 10.9. The van der Waals surface area contributed by atoms with Crippen molar-refractivity contribution in [2.75, 3.05) is 17.7 Å². The molecule has 6 nitrogen and oxygen atoms in total. The van der Waals surface area contributed by atoms with Crippen molar-refractivity contribution < 1.29 is 9.53 Å². The molecule has 0 aromatic heterocycles. The summed E-state index contributed by atoms with van der Waals surface area (Å²) in [6.45, 7) is 2.42. The Morgan fingerprint density at radius 3 is 2.89 bits per heavy atom. The van der Waals surface area contributed by atoms with Gasteiger partial charge in [0, 0.05) is 0 Å². The molecule has 0 heterocycles. The van der Waals surface area contributed by atoms with E-state index in [2.05, 4.69) is 10.4 Å². The van der Waals surface area contributed by atoms with Crippen molar-refractivity contribution >= 4 is 28.5 Å². The fraction of sp³-hybridized carbons (Fsp3) is 0.273. The Morgan fingerprint density at radius 2 is 2.22 bits per heavy atom. The Kier molecular flexibility index (Phi) is 5.86. The van der Waals surface area contributed by atoms with Crippen LogP contribution in [0.25, 0.3) is 0 Å². The van der Waals surface area contributed by atoms with E-state index in [9.17, 15) is 4.79 Å². The van der Waals surface area contributed by atoms with E-state index in [-0.39, 0.29) is 16.8 Å². The lowest BCUT2D eigenvalue weighted by molar-refractivity contribution is -0.113. The maximum absolute atomic E-state index is 11.7. The fourth-order valence-corrected chi connectivity index (χ4v) is 1.64. The van der Waals surface area contributed by atoms with Crippen molar-refractivity contribution in [3.8, 4) is 5.75 Å². The Bertz CT molecular complexity index is 437. The molecule has 98 valence electrons. The number of rotatable bonds is 5. The molecule has 0 aliphatic rings. The van der Waals surface area contributed by atoms with Crippen LogP contribution in [0, 0.1) is 0 Å². The average molecular weight is 268 g/mol. The number of hydrazone groups is 1. The molecule has 1 rings (SSSR count). The van der Waals surface area contributed by atoms with Crippen LogP contribution in [0.1, 0.15) is 6.92 Å². The maximum atomic E-state index is 11.7. The molecule has 1 aromatic rings. The molecule has 0 radical (unpaired) electrons. The molecule has 0 atom stereocenters. The number of anilines is 1. The van der Waals surface area contributed by atoms with E-state index < -0.39 is 0 Å². The molecule has 1 aromatic carbocycles. The molecular weight excluding hydrogens is 252 g/mol. The van der Waals surface area contributed by atoms with E-state index in [1.165, 1.54) is 0 Å². The van der Waals surface area contributed by atoms with Gasteiger partial charge in [-0.15, -0.1) is 0 Å². The predicted molar refractivity (Wildman–Crippen MR) is 74.5 cm³/mol. The highest BCUT2D eigenvalue weighted by Crippen LogP contribution is 2.23. The summed E-state index contributed by atoms with van der Waals surface area (Å²) in [5, 5.41) is 6.18. The Hall–Kier alpha value is -1.89. The van der Waals surface area contributed by atoms with E-state index in [0.717, 1.165) is 11.8 Å². The van der Waals surface area contributed by atoms with Gasteiger partial charge in [0.1, 0.15) is 5.75 Å². The molecule has 7 heteroatoms. The van der Waals surface area contributed by atoms with Gasteiger partial charge in [0.2, 0.25) is 5.91 Å². The number of nitrogens with one attached hydrogen (secondary N) is 1. The van der Waals surface area contributed by atoms with Crippen molar-refractivity contribution in [2.45, 2.75) is 6.92 Å². The third kappa shape index (κ3) is 4.54. The highest BCUT2D eigenvalue weighted by atomic mass is 32.2. The third-order valence-electron chi connectivity index (χ3n) is 1.94. The Labute approximate surface area is 110 Å². The van der Waals surface area contributed by atoms with Gasteiger partial charge in [0.05, 0.1) is 18.0 Å². The molecule has 0 saturated heterocycles. The summed E-state index contributed by atoms with van der Waals surface area (Å²) in [7, 11) is 0. The van der Waals surface area contributed by atoms with E-state index in [4.69, 9.17) is 16.3 Å². The van der Waals surface area contributed by atoms with Crippen molar-refractivity contribution in [1.82, 2.24) is 0 Å². The van der Waals surface area contributed by atoms with Gasteiger partial charge < -0.3 is 21.6 Å². The van der Waals surface area contributed by atoms with Crippen LogP contribution in [0.2, 0.25) is 0 Å². The van der Waals surface area contributed by atoms with Crippen LogP contribution in [-0.4, -0.2) is 23.4 Å². The topological polar surface area (TPSA) is 103 Å². The molecule has 1 amide bonds. The highest BCUT2D eigenvalue weighted by molar-refractivity contribution is 8.14. The molecule has 0 unspecified atom stereocenters. The Balaban J connectivity index is 2.58. The first-order chi connectivity index (χ1) is 8.67. The van der Waals surface area contributed by atoms with Crippen LogP contribution < -0.4 is 21.6 Å². The number of amidine groups is 1. The van der Waals surface area contributed by atoms with Gasteiger partial charge >= 0.3 is 0 Å². The first-order valence-electron chi connectivity index (χ1n) is 5.35. The maximum Gasteiger partial charge on any atom is 0.234 e. The number of hydrogen-bond donors (Lipinski definition) is 3. The van der Waals surface area contributed by atoms with Crippen LogP contribution in [0.15, 0.2) is 29.4 Å². The van der Waals surface area contributed by atoms with Crippen LogP contribution in [0.5, 0.6) is 5.75 Å². The number of benzene rings is 1. The zero-order chi connectivity index (χ0) is 13.4. The number of carbonyl (C=O) groups excluding carboxylic acids is 1. The van der Waals surface area contributed by atoms with E-state index in [1.54, 1.807) is 12.1 Å². The van der Waals surface area contributed by atoms with E-state index >= 15 is 0 Å². The smallest absolute Gasteiger partial charge is 0.234 e. The molecule has 18 heavy (non-hydrogen) atoms. The Morgan fingerprint density at radius 1 is 1.50 bits per heavy atom. The molecule has 0 fully saturated rings. The average Bonchev–Trinajstić information content (AvgIpc) is 2.38. The van der Waals surface area contributed by atoms with Crippen LogP contribution >= 0.6 is 11.8 Å². The van der Waals surface area contributed by atoms with Crippen molar-refractivity contribution in [3.63, 3.8) is 0 Å². The number of nitrogens with two attached hydrogens (primary N) is 2. The second-order valence-corrected chi connectivity index (χ2v) is 4.23. The molecule has 0 aliphatic carbocycles. The largest absolute Gasteiger partial charge is 0.492 e. The van der Waals surface area contributed by atoms with Gasteiger partial charge in [-0.3, -0.25) is 4.79 Å². The summed E-state index contributed by atoms with van der Waals surface area (Å²) >= 11 is 1.07. The van der Waals surface area contributed by atoms with Crippen LogP contribution in [-0.2, 0) is 4.79 Å². The third-order valence-corrected chi connectivity index (χ3v) is 2.75. The molecule has 0 aliphatic heterocycles. The first-order valence-corrected chi connectivity index (χ1v) is 6.33. The van der Waals surface area contributed by atoms with E-state index in [0.29, 0.717) is 18.0 Å². The number of hydrogen-bond acceptors (Lipinski definition) is 5. The normalized spacial score (nSPS) is 11.1. The number of para-hydroxylation sites is 2. The summed E-state index contributed by atoms with van der Waals surface area (Å²) in [6.07, 6.45) is 0. The minimum atomic E-state index is -0.196. The SMILES string of the molecule is CCOc1ccccc1NC(=O)CSC(N)=NN. The van der Waals surface area contributed by atoms with Gasteiger partial charge in [-0.05, 0) is 19.1 Å². The number of carbonyl (C=O) groups is 1. The fourth-order valence-electron chi connectivity index (χ4n) is 1.21. The molecule has 0 bridgehead atoms. The van der Waals surface area contributed by atoms with E-state index in [1.807, 2.05) is 19.1 Å². The lowest BCUT2D eigenvalue weighted by Crippen LogP contribution is -2.18. The molecular formula is C11H16N4O2S. The molecule has 0 spiro atoms. The quantitative estimate of drug-likeness (QED) is 0.319.